The summed E-state index contributed by atoms with van der Waals surface area (Å²) >= 11 is 5.57. The lowest BCUT2D eigenvalue weighted by Gasteiger charge is -2.09. The molecule has 18 heavy (non-hydrogen) atoms. The monoisotopic (exact) mass is 274 g/mol. The summed E-state index contributed by atoms with van der Waals surface area (Å²) in [4.78, 5) is 14.9. The molecule has 7 heteroatoms. The third-order valence-corrected chi connectivity index (χ3v) is 2.36. The quantitative estimate of drug-likeness (QED) is 0.625. The normalized spacial score (nSPS) is 10.2. The number of pyridine rings is 1. The zero-order valence-electron chi connectivity index (χ0n) is 9.41. The average molecular weight is 275 g/mol. The molecule has 0 amide bonds. The number of hydrogen-bond donors (Lipinski definition) is 0. The van der Waals surface area contributed by atoms with Crippen molar-refractivity contribution in [1.82, 2.24) is 4.98 Å². The second-order valence-corrected chi connectivity index (χ2v) is 3.46. The van der Waals surface area contributed by atoms with Crippen LogP contribution in [0, 0.1) is 11.3 Å². The number of halogens is 3. The maximum absolute atomic E-state index is 12.8. The van der Waals surface area contributed by atoms with E-state index in [1.165, 1.54) is 6.07 Å². The van der Waals surface area contributed by atoms with Gasteiger partial charge in [-0.3, -0.25) is 0 Å². The Morgan fingerprint density at radius 1 is 1.67 bits per heavy atom. The predicted molar refractivity (Wildman–Crippen MR) is 59.4 cm³/mol. The third-order valence-electron chi connectivity index (χ3n) is 2.08. The number of nitriles is 1. The van der Waals surface area contributed by atoms with Crippen LogP contribution in [0.15, 0.2) is 6.07 Å². The van der Waals surface area contributed by atoms with Gasteiger partial charge in [0.15, 0.2) is 0 Å². The van der Waals surface area contributed by atoms with E-state index in [9.17, 15) is 13.6 Å². The van der Waals surface area contributed by atoms with E-state index < -0.39 is 18.1 Å². The van der Waals surface area contributed by atoms with Crippen LogP contribution >= 0.6 is 11.6 Å². The Hall–Kier alpha value is -1.74. The molecule has 1 heterocycles. The Morgan fingerprint density at radius 3 is 2.78 bits per heavy atom. The smallest absolute Gasteiger partial charge is 0.356 e. The van der Waals surface area contributed by atoms with Crippen molar-refractivity contribution in [2.75, 3.05) is 6.61 Å². The highest BCUT2D eigenvalue weighted by atomic mass is 35.5. The molecule has 0 spiro atoms. The molecular formula is C11H9ClF2N2O2. The first-order chi connectivity index (χ1) is 8.54. The molecule has 0 unspecified atom stereocenters. The molecule has 0 bridgehead atoms. The minimum absolute atomic E-state index is 0.0980. The van der Waals surface area contributed by atoms with E-state index in [0.29, 0.717) is 0 Å². The molecule has 1 aromatic heterocycles. The summed E-state index contributed by atoms with van der Waals surface area (Å²) in [6.45, 7) is 1.68. The van der Waals surface area contributed by atoms with Gasteiger partial charge in [0.1, 0.15) is 17.5 Å². The van der Waals surface area contributed by atoms with Crippen molar-refractivity contribution in [3.63, 3.8) is 0 Å². The standard InChI is InChI=1S/C11H9ClF2N2O2/c1-2-18-11(17)8-3-6(4-12)7(5-15)9(16-8)10(13)14/h3,10H,2,4H2,1H3. The number of carbonyl (C=O) groups is 1. The van der Waals surface area contributed by atoms with Gasteiger partial charge < -0.3 is 4.74 Å². The second-order valence-electron chi connectivity index (χ2n) is 3.19. The van der Waals surface area contributed by atoms with Crippen LogP contribution in [0.25, 0.3) is 0 Å². The van der Waals surface area contributed by atoms with Crippen LogP contribution in [0.4, 0.5) is 8.78 Å². The van der Waals surface area contributed by atoms with Crippen molar-refractivity contribution in [3.8, 4) is 6.07 Å². The predicted octanol–water partition coefficient (Wildman–Crippen LogP) is 2.81. The van der Waals surface area contributed by atoms with E-state index in [0.717, 1.165) is 0 Å². The van der Waals surface area contributed by atoms with Crippen LogP contribution in [0.2, 0.25) is 0 Å². The minimum Gasteiger partial charge on any atom is -0.461 e. The van der Waals surface area contributed by atoms with Gasteiger partial charge in [-0.15, -0.1) is 11.6 Å². The van der Waals surface area contributed by atoms with Gasteiger partial charge in [-0.1, -0.05) is 0 Å². The molecule has 0 aliphatic rings. The maximum atomic E-state index is 12.8. The van der Waals surface area contributed by atoms with Gasteiger partial charge in [-0.25, -0.2) is 18.6 Å². The zero-order valence-corrected chi connectivity index (χ0v) is 10.2. The highest BCUT2D eigenvalue weighted by Gasteiger charge is 2.22. The lowest BCUT2D eigenvalue weighted by Crippen LogP contribution is -2.11. The van der Waals surface area contributed by atoms with Gasteiger partial charge in [0, 0.05) is 5.88 Å². The molecule has 0 fully saturated rings. The fraction of sp³-hybridized carbons (Fsp3) is 0.364. The molecule has 0 saturated heterocycles. The van der Waals surface area contributed by atoms with E-state index in [-0.39, 0.29) is 29.3 Å². The molecule has 0 aliphatic carbocycles. The molecule has 0 N–H and O–H groups in total. The number of alkyl halides is 3. The van der Waals surface area contributed by atoms with Crippen molar-refractivity contribution >= 4 is 17.6 Å². The molecule has 96 valence electrons. The van der Waals surface area contributed by atoms with E-state index in [1.807, 2.05) is 0 Å². The van der Waals surface area contributed by atoms with E-state index in [4.69, 9.17) is 16.9 Å². The fourth-order valence-corrected chi connectivity index (χ4v) is 1.53. The first kappa shape index (κ1) is 14.3. The SMILES string of the molecule is CCOC(=O)c1cc(CCl)c(C#N)c(C(F)F)n1. The number of esters is 1. The summed E-state index contributed by atoms with van der Waals surface area (Å²) in [6.07, 6.45) is -2.96. The summed E-state index contributed by atoms with van der Waals surface area (Å²) < 4.78 is 30.2. The van der Waals surface area contributed by atoms with Crippen molar-refractivity contribution < 1.29 is 18.3 Å². The molecule has 1 aromatic rings. The molecule has 4 nitrogen and oxygen atoms in total. The Labute approximate surface area is 107 Å². The molecule has 0 aliphatic heterocycles. The molecule has 0 aromatic carbocycles. The van der Waals surface area contributed by atoms with Crippen LogP contribution in [0.3, 0.4) is 0 Å². The highest BCUT2D eigenvalue weighted by Crippen LogP contribution is 2.25. The summed E-state index contributed by atoms with van der Waals surface area (Å²) in [5.41, 5.74) is -1.19. The summed E-state index contributed by atoms with van der Waals surface area (Å²) in [6, 6.07) is 2.81. The van der Waals surface area contributed by atoms with Gasteiger partial charge in [-0.2, -0.15) is 5.26 Å². The third kappa shape index (κ3) is 2.93. The van der Waals surface area contributed by atoms with Crippen LogP contribution in [-0.4, -0.2) is 17.6 Å². The minimum atomic E-state index is -2.96. The highest BCUT2D eigenvalue weighted by molar-refractivity contribution is 6.17. The van der Waals surface area contributed by atoms with Crippen molar-refractivity contribution in [3.05, 3.63) is 28.6 Å². The van der Waals surface area contributed by atoms with Crippen molar-refractivity contribution in [2.45, 2.75) is 19.2 Å². The maximum Gasteiger partial charge on any atom is 0.356 e. The first-order valence-corrected chi connectivity index (χ1v) is 5.53. The molecule has 0 radical (unpaired) electrons. The molecule has 0 atom stereocenters. The van der Waals surface area contributed by atoms with E-state index >= 15 is 0 Å². The van der Waals surface area contributed by atoms with Crippen molar-refractivity contribution in [1.29, 1.82) is 5.26 Å². The topological polar surface area (TPSA) is 63.0 Å². The van der Waals surface area contributed by atoms with Gasteiger partial charge in [0.2, 0.25) is 0 Å². The lowest BCUT2D eigenvalue weighted by molar-refractivity contribution is 0.0517. The van der Waals surface area contributed by atoms with Crippen LogP contribution < -0.4 is 0 Å². The number of rotatable bonds is 4. The number of nitrogens with zero attached hydrogens (tertiary/aromatic N) is 2. The van der Waals surface area contributed by atoms with Crippen LogP contribution in [-0.2, 0) is 10.6 Å². The Kier molecular flexibility index (Phi) is 4.98. The number of aromatic nitrogens is 1. The second kappa shape index (κ2) is 6.26. The lowest BCUT2D eigenvalue weighted by atomic mass is 10.1. The fourth-order valence-electron chi connectivity index (χ4n) is 1.32. The van der Waals surface area contributed by atoms with Gasteiger partial charge >= 0.3 is 5.97 Å². The summed E-state index contributed by atoms with van der Waals surface area (Å²) in [5.74, 6) is -0.993. The Balaban J connectivity index is 3.37. The first-order valence-electron chi connectivity index (χ1n) is 5.00. The molecule has 0 saturated carbocycles. The van der Waals surface area contributed by atoms with Gasteiger partial charge in [0.25, 0.3) is 6.43 Å². The van der Waals surface area contributed by atoms with E-state index in [1.54, 1.807) is 13.0 Å². The van der Waals surface area contributed by atoms with Crippen molar-refractivity contribution in [2.24, 2.45) is 0 Å². The molecule has 1 rings (SSSR count). The summed E-state index contributed by atoms with van der Waals surface area (Å²) in [5, 5.41) is 8.81. The Morgan fingerprint density at radius 2 is 2.33 bits per heavy atom. The van der Waals surface area contributed by atoms with E-state index in [2.05, 4.69) is 9.72 Å². The number of hydrogen-bond acceptors (Lipinski definition) is 4. The summed E-state index contributed by atoms with van der Waals surface area (Å²) in [7, 11) is 0. The largest absolute Gasteiger partial charge is 0.461 e. The van der Waals surface area contributed by atoms with Gasteiger partial charge in [-0.05, 0) is 18.6 Å². The van der Waals surface area contributed by atoms with Crippen LogP contribution in [0.1, 0.15) is 40.7 Å². The van der Waals surface area contributed by atoms with Crippen LogP contribution in [0.5, 0.6) is 0 Å². The average Bonchev–Trinajstić information content (AvgIpc) is 2.37. The number of ether oxygens (including phenoxy) is 1. The Bertz CT molecular complexity index is 501. The zero-order chi connectivity index (χ0) is 13.7. The number of carbonyl (C=O) groups excluding carboxylic acids is 1. The molecular weight excluding hydrogens is 266 g/mol. The van der Waals surface area contributed by atoms with Gasteiger partial charge in [0.05, 0.1) is 12.2 Å².